The van der Waals surface area contributed by atoms with Crippen molar-refractivity contribution in [2.75, 3.05) is 13.7 Å². The van der Waals surface area contributed by atoms with Crippen molar-refractivity contribution in [1.29, 1.82) is 0 Å². The lowest BCUT2D eigenvalue weighted by Crippen LogP contribution is -2.46. The number of ether oxygens (including phenoxy) is 1. The maximum atomic E-state index is 11.3. The van der Waals surface area contributed by atoms with Crippen molar-refractivity contribution >= 4 is 11.9 Å². The maximum Gasteiger partial charge on any atom is 0.329 e. The third-order valence-corrected chi connectivity index (χ3v) is 2.09. The number of nitrogens with one attached hydrogen (secondary N) is 2. The van der Waals surface area contributed by atoms with Crippen LogP contribution in [-0.4, -0.2) is 31.6 Å². The van der Waals surface area contributed by atoms with Gasteiger partial charge in [0.05, 0.1) is 19.9 Å². The van der Waals surface area contributed by atoms with E-state index in [0.717, 1.165) is 5.76 Å². The number of hydrogen-bond acceptors (Lipinski definition) is 5. The van der Waals surface area contributed by atoms with Crippen LogP contribution in [0.3, 0.4) is 0 Å². The quantitative estimate of drug-likeness (QED) is 0.686. The Morgan fingerprint density at radius 1 is 1.53 bits per heavy atom. The molecule has 0 aliphatic rings. The highest BCUT2D eigenvalue weighted by atomic mass is 16.5. The SMILES string of the molecule is COC(=O)C(CNCc1ccco1)NC(C)=O. The molecule has 1 amide bonds. The molecule has 6 nitrogen and oxygen atoms in total. The number of carbonyl (C=O) groups excluding carboxylic acids is 2. The van der Waals surface area contributed by atoms with E-state index in [1.54, 1.807) is 12.3 Å². The van der Waals surface area contributed by atoms with Gasteiger partial charge in [-0.05, 0) is 12.1 Å². The first-order valence-electron chi connectivity index (χ1n) is 5.21. The summed E-state index contributed by atoms with van der Waals surface area (Å²) < 4.78 is 9.70. The molecule has 0 bridgehead atoms. The molecule has 0 fully saturated rings. The number of rotatable bonds is 6. The Hall–Kier alpha value is -1.82. The van der Waals surface area contributed by atoms with E-state index in [-0.39, 0.29) is 12.5 Å². The van der Waals surface area contributed by atoms with Gasteiger partial charge < -0.3 is 19.8 Å². The first kappa shape index (κ1) is 13.2. The van der Waals surface area contributed by atoms with Crippen LogP contribution in [0.25, 0.3) is 0 Å². The highest BCUT2D eigenvalue weighted by molar-refractivity contribution is 5.83. The minimum absolute atomic E-state index is 0.278. The lowest BCUT2D eigenvalue weighted by Gasteiger charge is -2.15. The van der Waals surface area contributed by atoms with E-state index in [4.69, 9.17) is 4.42 Å². The molecule has 6 heteroatoms. The van der Waals surface area contributed by atoms with Crippen molar-refractivity contribution in [2.45, 2.75) is 19.5 Å². The summed E-state index contributed by atoms with van der Waals surface area (Å²) in [5.41, 5.74) is 0. The fourth-order valence-electron chi connectivity index (χ4n) is 1.33. The van der Waals surface area contributed by atoms with Gasteiger partial charge in [-0.1, -0.05) is 0 Å². The number of hydrogen-bond donors (Lipinski definition) is 2. The minimum Gasteiger partial charge on any atom is -0.468 e. The van der Waals surface area contributed by atoms with E-state index >= 15 is 0 Å². The average molecular weight is 240 g/mol. The Balaban J connectivity index is 2.38. The fourth-order valence-corrected chi connectivity index (χ4v) is 1.33. The number of esters is 1. The van der Waals surface area contributed by atoms with E-state index in [2.05, 4.69) is 15.4 Å². The van der Waals surface area contributed by atoms with Crippen molar-refractivity contribution in [3.63, 3.8) is 0 Å². The van der Waals surface area contributed by atoms with Crippen molar-refractivity contribution in [1.82, 2.24) is 10.6 Å². The van der Waals surface area contributed by atoms with Gasteiger partial charge in [-0.3, -0.25) is 4.79 Å². The van der Waals surface area contributed by atoms with Gasteiger partial charge in [0.2, 0.25) is 5.91 Å². The lowest BCUT2D eigenvalue weighted by atomic mass is 10.3. The third-order valence-electron chi connectivity index (χ3n) is 2.09. The van der Waals surface area contributed by atoms with E-state index in [1.165, 1.54) is 14.0 Å². The van der Waals surface area contributed by atoms with Gasteiger partial charge in [0.15, 0.2) is 0 Å². The molecule has 0 radical (unpaired) electrons. The van der Waals surface area contributed by atoms with Crippen molar-refractivity contribution in [3.8, 4) is 0 Å². The first-order chi connectivity index (χ1) is 8.13. The van der Waals surface area contributed by atoms with Crippen LogP contribution in [0.4, 0.5) is 0 Å². The summed E-state index contributed by atoms with van der Waals surface area (Å²) in [6, 6.07) is 2.91. The molecule has 2 N–H and O–H groups in total. The zero-order chi connectivity index (χ0) is 12.7. The zero-order valence-electron chi connectivity index (χ0n) is 9.86. The lowest BCUT2D eigenvalue weighted by molar-refractivity contribution is -0.144. The fraction of sp³-hybridized carbons (Fsp3) is 0.455. The molecule has 1 heterocycles. The highest BCUT2D eigenvalue weighted by Gasteiger charge is 2.19. The molecule has 17 heavy (non-hydrogen) atoms. The minimum atomic E-state index is -0.688. The number of methoxy groups -OCH3 is 1. The monoisotopic (exact) mass is 240 g/mol. The Labute approximate surface area is 99.3 Å². The largest absolute Gasteiger partial charge is 0.468 e. The Morgan fingerprint density at radius 2 is 2.29 bits per heavy atom. The molecule has 0 saturated carbocycles. The van der Waals surface area contributed by atoms with E-state index < -0.39 is 12.0 Å². The molecule has 0 aliphatic carbocycles. The average Bonchev–Trinajstić information content (AvgIpc) is 2.79. The maximum absolute atomic E-state index is 11.3. The predicted octanol–water partition coefficient (Wildman–Crippen LogP) is 0.0469. The molecule has 0 aromatic carbocycles. The van der Waals surface area contributed by atoms with E-state index in [0.29, 0.717) is 6.54 Å². The van der Waals surface area contributed by atoms with Crippen LogP contribution >= 0.6 is 0 Å². The Morgan fingerprint density at radius 3 is 2.82 bits per heavy atom. The number of amides is 1. The smallest absolute Gasteiger partial charge is 0.329 e. The summed E-state index contributed by atoms with van der Waals surface area (Å²) in [7, 11) is 1.28. The van der Waals surface area contributed by atoms with Gasteiger partial charge in [0, 0.05) is 13.5 Å². The number of furan rings is 1. The molecule has 1 aromatic rings. The van der Waals surface area contributed by atoms with Gasteiger partial charge in [0.25, 0.3) is 0 Å². The summed E-state index contributed by atoms with van der Waals surface area (Å²) in [5, 5.41) is 5.50. The number of carbonyl (C=O) groups is 2. The van der Waals surface area contributed by atoms with Crippen molar-refractivity contribution in [2.24, 2.45) is 0 Å². The predicted molar refractivity (Wildman–Crippen MR) is 60.0 cm³/mol. The normalized spacial score (nSPS) is 11.9. The van der Waals surface area contributed by atoms with Crippen LogP contribution in [0.15, 0.2) is 22.8 Å². The van der Waals surface area contributed by atoms with Crippen LogP contribution in [-0.2, 0) is 20.9 Å². The second-order valence-corrected chi connectivity index (χ2v) is 3.49. The van der Waals surface area contributed by atoms with Gasteiger partial charge in [0.1, 0.15) is 11.8 Å². The molecule has 1 aromatic heterocycles. The van der Waals surface area contributed by atoms with Crippen LogP contribution < -0.4 is 10.6 Å². The van der Waals surface area contributed by atoms with Gasteiger partial charge in [-0.2, -0.15) is 0 Å². The summed E-state index contributed by atoms with van der Waals surface area (Å²) in [5.74, 6) is 0.00350. The van der Waals surface area contributed by atoms with E-state index in [9.17, 15) is 9.59 Å². The van der Waals surface area contributed by atoms with Crippen LogP contribution in [0.5, 0.6) is 0 Å². The summed E-state index contributed by atoms with van der Waals surface area (Å²) in [6.45, 7) is 2.12. The van der Waals surface area contributed by atoms with Gasteiger partial charge in [-0.15, -0.1) is 0 Å². The molecule has 1 rings (SSSR count). The van der Waals surface area contributed by atoms with Gasteiger partial charge in [-0.25, -0.2) is 4.79 Å². The topological polar surface area (TPSA) is 80.6 Å². The van der Waals surface area contributed by atoms with Crippen LogP contribution in [0.2, 0.25) is 0 Å². The molecule has 0 saturated heterocycles. The molecule has 0 spiro atoms. The Kier molecular flexibility index (Phi) is 5.22. The summed E-state index contributed by atoms with van der Waals surface area (Å²) >= 11 is 0. The second kappa shape index (κ2) is 6.70. The molecule has 94 valence electrons. The Bertz CT molecular complexity index is 362. The van der Waals surface area contributed by atoms with Gasteiger partial charge >= 0.3 is 5.97 Å². The first-order valence-corrected chi connectivity index (χ1v) is 5.21. The van der Waals surface area contributed by atoms with Crippen LogP contribution in [0, 0.1) is 0 Å². The summed E-state index contributed by atoms with van der Waals surface area (Å²) in [4.78, 5) is 22.2. The third kappa shape index (κ3) is 4.69. The molecule has 1 atom stereocenters. The standard InChI is InChI=1S/C11H16N2O4/c1-8(14)13-10(11(15)16-2)7-12-6-9-4-3-5-17-9/h3-5,10,12H,6-7H2,1-2H3,(H,13,14). The molecular weight excluding hydrogens is 224 g/mol. The van der Waals surface area contributed by atoms with Crippen molar-refractivity contribution in [3.05, 3.63) is 24.2 Å². The zero-order valence-corrected chi connectivity index (χ0v) is 9.86. The van der Waals surface area contributed by atoms with Crippen molar-refractivity contribution < 1.29 is 18.7 Å². The molecule has 1 unspecified atom stereocenters. The molecular formula is C11H16N2O4. The van der Waals surface area contributed by atoms with E-state index in [1.807, 2.05) is 6.07 Å². The highest BCUT2D eigenvalue weighted by Crippen LogP contribution is 1.98. The summed E-state index contributed by atoms with van der Waals surface area (Å²) in [6.07, 6.45) is 1.57. The molecule has 0 aliphatic heterocycles. The second-order valence-electron chi connectivity index (χ2n) is 3.49. The van der Waals surface area contributed by atoms with Crippen LogP contribution in [0.1, 0.15) is 12.7 Å².